The Morgan fingerprint density at radius 3 is 2.61 bits per heavy atom. The predicted octanol–water partition coefficient (Wildman–Crippen LogP) is 3.00. The Labute approximate surface area is 111 Å². The largest absolute Gasteiger partial charge is 0.489 e. The van der Waals surface area contributed by atoms with Crippen molar-refractivity contribution in [3.05, 3.63) is 36.7 Å². The molecule has 0 fully saturated rings. The van der Waals surface area contributed by atoms with Gasteiger partial charge in [-0.15, -0.1) is 0 Å². The smallest absolute Gasteiger partial charge is 0.192 e. The Kier molecular flexibility index (Phi) is 4.04. The maximum atomic E-state index is 5.87. The zero-order valence-corrected chi connectivity index (χ0v) is 11.1. The second kappa shape index (κ2) is 5.73. The maximum absolute atomic E-state index is 5.87. The molecular weight excluding hydrogens is 246 g/mol. The lowest BCUT2D eigenvalue weighted by Gasteiger charge is -2.12. The van der Waals surface area contributed by atoms with Gasteiger partial charge in [-0.1, -0.05) is 0 Å². The van der Waals surface area contributed by atoms with Gasteiger partial charge in [0.1, 0.15) is 5.75 Å². The van der Waals surface area contributed by atoms with Crippen molar-refractivity contribution < 1.29 is 4.74 Å². The number of nitrogens with zero attached hydrogens (tertiary/aromatic N) is 2. The Balaban J connectivity index is 2.19. The average Bonchev–Trinajstić information content (AvgIpc) is 2.34. The van der Waals surface area contributed by atoms with Crippen LogP contribution in [0.1, 0.15) is 13.8 Å². The van der Waals surface area contributed by atoms with Crippen LogP contribution in [0.25, 0.3) is 0 Å². The van der Waals surface area contributed by atoms with Gasteiger partial charge in [0.2, 0.25) is 0 Å². The number of ether oxygens (including phenoxy) is 1. The summed E-state index contributed by atoms with van der Waals surface area (Å²) in [6.45, 7) is 3.94. The van der Waals surface area contributed by atoms with Crippen LogP contribution in [-0.2, 0) is 0 Å². The minimum atomic E-state index is 0.0977. The van der Waals surface area contributed by atoms with Gasteiger partial charge in [0.25, 0.3) is 0 Å². The van der Waals surface area contributed by atoms with Gasteiger partial charge in [0.05, 0.1) is 11.8 Å². The standard InChI is InChI=1S/C13H15N3OS/c1-9(2)17-12-8-10(4-5-11(12)14)18-13-15-6-3-7-16-13/h3-9H,14H2,1-2H3. The van der Waals surface area contributed by atoms with Crippen LogP contribution in [-0.4, -0.2) is 16.1 Å². The second-order valence-electron chi connectivity index (χ2n) is 4.00. The third-order valence-corrected chi connectivity index (χ3v) is 2.98. The summed E-state index contributed by atoms with van der Waals surface area (Å²) in [4.78, 5) is 9.34. The van der Waals surface area contributed by atoms with Crippen LogP contribution in [0, 0.1) is 0 Å². The average molecular weight is 261 g/mol. The summed E-state index contributed by atoms with van der Waals surface area (Å²) < 4.78 is 5.64. The third kappa shape index (κ3) is 3.37. The molecule has 0 unspecified atom stereocenters. The minimum Gasteiger partial charge on any atom is -0.489 e. The molecule has 18 heavy (non-hydrogen) atoms. The van der Waals surface area contributed by atoms with Crippen LogP contribution in [0.2, 0.25) is 0 Å². The SMILES string of the molecule is CC(C)Oc1cc(Sc2ncccn2)ccc1N. The van der Waals surface area contributed by atoms with Gasteiger partial charge in [0.15, 0.2) is 5.16 Å². The highest BCUT2D eigenvalue weighted by Gasteiger charge is 2.06. The van der Waals surface area contributed by atoms with E-state index in [9.17, 15) is 0 Å². The minimum absolute atomic E-state index is 0.0977. The summed E-state index contributed by atoms with van der Waals surface area (Å²) in [5.41, 5.74) is 6.51. The Morgan fingerprint density at radius 1 is 1.22 bits per heavy atom. The molecule has 0 atom stereocenters. The van der Waals surface area contributed by atoms with Crippen LogP contribution in [0.5, 0.6) is 5.75 Å². The molecule has 0 aliphatic rings. The molecule has 2 N–H and O–H groups in total. The first-order valence-corrected chi connectivity index (χ1v) is 6.48. The van der Waals surface area contributed by atoms with E-state index < -0.39 is 0 Å². The van der Waals surface area contributed by atoms with E-state index in [1.165, 1.54) is 11.8 Å². The Morgan fingerprint density at radius 2 is 1.94 bits per heavy atom. The molecule has 4 nitrogen and oxygen atoms in total. The van der Waals surface area contributed by atoms with E-state index in [4.69, 9.17) is 10.5 Å². The predicted molar refractivity (Wildman–Crippen MR) is 72.8 cm³/mol. The van der Waals surface area contributed by atoms with Gasteiger partial charge in [-0.25, -0.2) is 9.97 Å². The highest BCUT2D eigenvalue weighted by atomic mass is 32.2. The molecule has 1 aromatic heterocycles. The molecule has 0 aliphatic heterocycles. The van der Waals surface area contributed by atoms with Crippen molar-refractivity contribution >= 4 is 17.4 Å². The number of aromatic nitrogens is 2. The molecule has 1 heterocycles. The zero-order chi connectivity index (χ0) is 13.0. The monoisotopic (exact) mass is 261 g/mol. The lowest BCUT2D eigenvalue weighted by atomic mass is 10.3. The van der Waals surface area contributed by atoms with Crippen molar-refractivity contribution in [3.63, 3.8) is 0 Å². The first kappa shape index (κ1) is 12.7. The number of hydrogen-bond donors (Lipinski definition) is 1. The Bertz CT molecular complexity index is 517. The van der Waals surface area contributed by atoms with E-state index >= 15 is 0 Å². The summed E-state index contributed by atoms with van der Waals surface area (Å²) >= 11 is 1.48. The van der Waals surface area contributed by atoms with Crippen molar-refractivity contribution in [2.45, 2.75) is 30.0 Å². The van der Waals surface area contributed by atoms with E-state index in [0.717, 1.165) is 4.90 Å². The third-order valence-electron chi connectivity index (χ3n) is 2.10. The quantitative estimate of drug-likeness (QED) is 0.677. The summed E-state index contributed by atoms with van der Waals surface area (Å²) in [7, 11) is 0. The van der Waals surface area contributed by atoms with E-state index in [2.05, 4.69) is 9.97 Å². The molecule has 94 valence electrons. The van der Waals surface area contributed by atoms with Gasteiger partial charge >= 0.3 is 0 Å². The zero-order valence-electron chi connectivity index (χ0n) is 10.3. The molecule has 0 spiro atoms. The van der Waals surface area contributed by atoms with Crippen LogP contribution in [0.15, 0.2) is 46.7 Å². The number of nitrogen functional groups attached to an aromatic ring is 1. The van der Waals surface area contributed by atoms with Crippen molar-refractivity contribution in [2.24, 2.45) is 0 Å². The summed E-state index contributed by atoms with van der Waals surface area (Å²) in [5.74, 6) is 0.700. The topological polar surface area (TPSA) is 61.0 Å². The number of nitrogens with two attached hydrogens (primary N) is 1. The van der Waals surface area contributed by atoms with Gasteiger partial charge in [0, 0.05) is 17.3 Å². The molecule has 0 amide bonds. The van der Waals surface area contributed by atoms with Gasteiger partial charge in [-0.3, -0.25) is 0 Å². The number of rotatable bonds is 4. The second-order valence-corrected chi connectivity index (χ2v) is 5.04. The van der Waals surface area contributed by atoms with E-state index in [1.807, 2.05) is 32.0 Å². The van der Waals surface area contributed by atoms with Crippen molar-refractivity contribution in [1.29, 1.82) is 0 Å². The van der Waals surface area contributed by atoms with Gasteiger partial charge in [-0.05, 0) is 49.9 Å². The van der Waals surface area contributed by atoms with E-state index in [-0.39, 0.29) is 6.10 Å². The van der Waals surface area contributed by atoms with Gasteiger partial charge in [-0.2, -0.15) is 0 Å². The highest BCUT2D eigenvalue weighted by molar-refractivity contribution is 7.99. The molecule has 0 saturated carbocycles. The molecule has 0 bridgehead atoms. The van der Waals surface area contributed by atoms with E-state index in [1.54, 1.807) is 18.5 Å². The Hall–Kier alpha value is -1.75. The first-order valence-electron chi connectivity index (χ1n) is 5.66. The number of anilines is 1. The fourth-order valence-corrected chi connectivity index (χ4v) is 2.12. The lowest BCUT2D eigenvalue weighted by molar-refractivity contribution is 0.243. The van der Waals surface area contributed by atoms with Crippen LogP contribution >= 0.6 is 11.8 Å². The fourth-order valence-electron chi connectivity index (χ4n) is 1.38. The van der Waals surface area contributed by atoms with Crippen LogP contribution in [0.3, 0.4) is 0 Å². The fraction of sp³-hybridized carbons (Fsp3) is 0.231. The lowest BCUT2D eigenvalue weighted by Crippen LogP contribution is -2.07. The molecule has 5 heteroatoms. The molecule has 0 aliphatic carbocycles. The van der Waals surface area contributed by atoms with Gasteiger partial charge < -0.3 is 10.5 Å². The van der Waals surface area contributed by atoms with Crippen molar-refractivity contribution in [3.8, 4) is 5.75 Å². The van der Waals surface area contributed by atoms with E-state index in [0.29, 0.717) is 16.6 Å². The molecule has 2 aromatic rings. The maximum Gasteiger partial charge on any atom is 0.192 e. The summed E-state index contributed by atoms with van der Waals surface area (Å²) in [6, 6.07) is 7.48. The van der Waals surface area contributed by atoms with Crippen molar-refractivity contribution in [1.82, 2.24) is 9.97 Å². The van der Waals surface area contributed by atoms with Crippen molar-refractivity contribution in [2.75, 3.05) is 5.73 Å². The summed E-state index contributed by atoms with van der Waals surface area (Å²) in [6.07, 6.45) is 3.54. The molecule has 2 rings (SSSR count). The first-order chi connectivity index (χ1) is 8.65. The summed E-state index contributed by atoms with van der Waals surface area (Å²) in [5, 5.41) is 0.706. The molecule has 0 saturated heterocycles. The highest BCUT2D eigenvalue weighted by Crippen LogP contribution is 2.31. The number of benzene rings is 1. The van der Waals surface area contributed by atoms with Crippen LogP contribution < -0.4 is 10.5 Å². The normalized spacial score (nSPS) is 10.6. The number of hydrogen-bond acceptors (Lipinski definition) is 5. The molecular formula is C13H15N3OS. The molecule has 1 aromatic carbocycles. The molecule has 0 radical (unpaired) electrons. The van der Waals surface area contributed by atoms with Crippen LogP contribution in [0.4, 0.5) is 5.69 Å².